The van der Waals surface area contributed by atoms with Crippen molar-refractivity contribution in [1.82, 2.24) is 5.32 Å². The van der Waals surface area contributed by atoms with Gasteiger partial charge in [-0.1, -0.05) is 26.3 Å². The van der Waals surface area contributed by atoms with Gasteiger partial charge in [0.15, 0.2) is 11.5 Å². The Morgan fingerprint density at radius 1 is 1.15 bits per heavy atom. The topological polar surface area (TPSA) is 30.5 Å². The van der Waals surface area contributed by atoms with Gasteiger partial charge in [0, 0.05) is 12.6 Å². The van der Waals surface area contributed by atoms with Crippen molar-refractivity contribution in [2.45, 2.75) is 59.1 Å². The number of aryl methyl sites for hydroxylation is 1. The van der Waals surface area contributed by atoms with Crippen molar-refractivity contribution >= 4 is 0 Å². The van der Waals surface area contributed by atoms with Crippen molar-refractivity contribution in [3.05, 3.63) is 23.8 Å². The number of rotatable bonds is 9. The molecule has 0 bridgehead atoms. The first-order valence-corrected chi connectivity index (χ1v) is 7.67. The van der Waals surface area contributed by atoms with Crippen LogP contribution in [-0.2, 0) is 6.42 Å². The second-order valence-electron chi connectivity index (χ2n) is 5.37. The van der Waals surface area contributed by atoms with Gasteiger partial charge in [0.05, 0.1) is 7.11 Å². The summed E-state index contributed by atoms with van der Waals surface area (Å²) < 4.78 is 11.4. The molecule has 3 heteroatoms. The van der Waals surface area contributed by atoms with Gasteiger partial charge in [-0.15, -0.1) is 0 Å². The van der Waals surface area contributed by atoms with E-state index in [0.717, 1.165) is 24.5 Å². The zero-order valence-corrected chi connectivity index (χ0v) is 13.5. The number of hydrogen-bond donors (Lipinski definition) is 1. The average Bonchev–Trinajstić information content (AvgIpc) is 2.46. The molecule has 0 spiro atoms. The van der Waals surface area contributed by atoms with E-state index in [4.69, 9.17) is 9.47 Å². The lowest BCUT2D eigenvalue weighted by atomic mass is 10.1. The van der Waals surface area contributed by atoms with Crippen LogP contribution in [0.4, 0.5) is 0 Å². The van der Waals surface area contributed by atoms with E-state index in [1.165, 1.54) is 18.4 Å². The molecule has 0 saturated heterocycles. The van der Waals surface area contributed by atoms with Gasteiger partial charge in [0.2, 0.25) is 0 Å². The highest BCUT2D eigenvalue weighted by molar-refractivity contribution is 5.43. The standard InChI is InChI=1S/C17H29NO2/c1-6-8-13(3)18-12-14(4)20-16-10-9-15(7-2)11-17(16)19-5/h9-11,13-14,18H,6-8,12H2,1-5H3. The van der Waals surface area contributed by atoms with Crippen LogP contribution < -0.4 is 14.8 Å². The first-order valence-electron chi connectivity index (χ1n) is 7.67. The SMILES string of the molecule is CCCC(C)NCC(C)Oc1ccc(CC)cc1OC. The summed E-state index contributed by atoms with van der Waals surface area (Å²) >= 11 is 0. The molecule has 0 amide bonds. The van der Waals surface area contributed by atoms with Gasteiger partial charge < -0.3 is 14.8 Å². The van der Waals surface area contributed by atoms with E-state index < -0.39 is 0 Å². The minimum Gasteiger partial charge on any atom is -0.493 e. The van der Waals surface area contributed by atoms with E-state index in [-0.39, 0.29) is 6.10 Å². The maximum absolute atomic E-state index is 5.98. The highest BCUT2D eigenvalue weighted by Gasteiger charge is 2.10. The van der Waals surface area contributed by atoms with E-state index in [2.05, 4.69) is 45.1 Å². The van der Waals surface area contributed by atoms with Crippen molar-refractivity contribution in [3.8, 4) is 11.5 Å². The molecule has 2 atom stereocenters. The molecule has 1 aromatic rings. The monoisotopic (exact) mass is 279 g/mol. The van der Waals surface area contributed by atoms with E-state index in [0.29, 0.717) is 6.04 Å². The van der Waals surface area contributed by atoms with Gasteiger partial charge in [0.25, 0.3) is 0 Å². The predicted octanol–water partition coefficient (Wildman–Crippen LogP) is 3.80. The van der Waals surface area contributed by atoms with Crippen molar-refractivity contribution in [2.75, 3.05) is 13.7 Å². The van der Waals surface area contributed by atoms with Gasteiger partial charge >= 0.3 is 0 Å². The number of ether oxygens (including phenoxy) is 2. The quantitative estimate of drug-likeness (QED) is 0.745. The second-order valence-corrected chi connectivity index (χ2v) is 5.37. The lowest BCUT2D eigenvalue weighted by Crippen LogP contribution is -2.35. The molecule has 114 valence electrons. The van der Waals surface area contributed by atoms with Gasteiger partial charge in [0.1, 0.15) is 6.10 Å². The van der Waals surface area contributed by atoms with Crippen LogP contribution in [-0.4, -0.2) is 25.8 Å². The van der Waals surface area contributed by atoms with Crippen LogP contribution in [0.1, 0.15) is 46.1 Å². The van der Waals surface area contributed by atoms with Gasteiger partial charge in [-0.25, -0.2) is 0 Å². The van der Waals surface area contributed by atoms with Gasteiger partial charge in [-0.3, -0.25) is 0 Å². The first kappa shape index (κ1) is 16.8. The van der Waals surface area contributed by atoms with Gasteiger partial charge in [-0.2, -0.15) is 0 Å². The van der Waals surface area contributed by atoms with E-state index in [1.54, 1.807) is 7.11 Å². The van der Waals surface area contributed by atoms with Crippen LogP contribution in [0.3, 0.4) is 0 Å². The smallest absolute Gasteiger partial charge is 0.161 e. The molecule has 1 N–H and O–H groups in total. The third-order valence-corrected chi connectivity index (χ3v) is 3.44. The van der Waals surface area contributed by atoms with Crippen molar-refractivity contribution < 1.29 is 9.47 Å². The van der Waals surface area contributed by atoms with Crippen LogP contribution in [0.15, 0.2) is 18.2 Å². The molecular weight excluding hydrogens is 250 g/mol. The minimum atomic E-state index is 0.121. The molecule has 0 aliphatic rings. The Balaban J connectivity index is 2.54. The van der Waals surface area contributed by atoms with Crippen LogP contribution in [0.25, 0.3) is 0 Å². The summed E-state index contributed by atoms with van der Waals surface area (Å²) in [6.07, 6.45) is 3.52. The van der Waals surface area contributed by atoms with Crippen LogP contribution >= 0.6 is 0 Å². The average molecular weight is 279 g/mol. The third-order valence-electron chi connectivity index (χ3n) is 3.44. The summed E-state index contributed by atoms with van der Waals surface area (Å²) in [5, 5.41) is 3.50. The highest BCUT2D eigenvalue weighted by Crippen LogP contribution is 2.29. The molecule has 0 radical (unpaired) electrons. The zero-order valence-electron chi connectivity index (χ0n) is 13.5. The maximum atomic E-state index is 5.98. The van der Waals surface area contributed by atoms with Crippen LogP contribution in [0.2, 0.25) is 0 Å². The summed E-state index contributed by atoms with van der Waals surface area (Å²) in [6, 6.07) is 6.69. The predicted molar refractivity (Wildman–Crippen MR) is 84.8 cm³/mol. The summed E-state index contributed by atoms with van der Waals surface area (Å²) in [5.74, 6) is 1.64. The van der Waals surface area contributed by atoms with Crippen molar-refractivity contribution in [2.24, 2.45) is 0 Å². The Bertz CT molecular complexity index is 393. The highest BCUT2D eigenvalue weighted by atomic mass is 16.5. The van der Waals surface area contributed by atoms with E-state index in [9.17, 15) is 0 Å². The molecule has 1 rings (SSSR count). The summed E-state index contributed by atoms with van der Waals surface area (Å²) in [4.78, 5) is 0. The molecule has 0 aliphatic heterocycles. The van der Waals surface area contributed by atoms with Crippen LogP contribution in [0, 0.1) is 0 Å². The Labute approximate surface area is 123 Å². The Morgan fingerprint density at radius 2 is 1.90 bits per heavy atom. The molecule has 0 fully saturated rings. The molecular formula is C17H29NO2. The van der Waals surface area contributed by atoms with Gasteiger partial charge in [-0.05, 0) is 44.4 Å². The largest absolute Gasteiger partial charge is 0.493 e. The minimum absolute atomic E-state index is 0.121. The number of nitrogens with one attached hydrogen (secondary N) is 1. The number of hydrogen-bond acceptors (Lipinski definition) is 3. The second kappa shape index (κ2) is 8.85. The van der Waals surface area contributed by atoms with Crippen molar-refractivity contribution in [3.63, 3.8) is 0 Å². The number of benzene rings is 1. The molecule has 0 aromatic heterocycles. The maximum Gasteiger partial charge on any atom is 0.161 e. The van der Waals surface area contributed by atoms with Crippen molar-refractivity contribution in [1.29, 1.82) is 0 Å². The first-order chi connectivity index (χ1) is 9.60. The summed E-state index contributed by atoms with van der Waals surface area (Å²) in [6.45, 7) is 9.49. The fourth-order valence-electron chi connectivity index (χ4n) is 2.19. The van der Waals surface area contributed by atoms with E-state index >= 15 is 0 Å². The number of methoxy groups -OCH3 is 1. The zero-order chi connectivity index (χ0) is 15.0. The molecule has 2 unspecified atom stereocenters. The Kier molecular flexibility index (Phi) is 7.45. The molecule has 20 heavy (non-hydrogen) atoms. The lowest BCUT2D eigenvalue weighted by Gasteiger charge is -2.20. The molecule has 0 saturated carbocycles. The summed E-state index contributed by atoms with van der Waals surface area (Å²) in [5.41, 5.74) is 1.26. The molecule has 1 aromatic carbocycles. The summed E-state index contributed by atoms with van der Waals surface area (Å²) in [7, 11) is 1.69. The fourth-order valence-corrected chi connectivity index (χ4v) is 2.19. The molecule has 0 heterocycles. The molecule has 3 nitrogen and oxygen atoms in total. The Morgan fingerprint density at radius 3 is 2.50 bits per heavy atom. The normalized spacial score (nSPS) is 13.8. The molecule has 0 aliphatic carbocycles. The Hall–Kier alpha value is -1.22. The third kappa shape index (κ3) is 5.41. The van der Waals surface area contributed by atoms with E-state index in [1.807, 2.05) is 6.07 Å². The van der Waals surface area contributed by atoms with Crippen LogP contribution in [0.5, 0.6) is 11.5 Å². The fraction of sp³-hybridized carbons (Fsp3) is 0.647. The lowest BCUT2D eigenvalue weighted by molar-refractivity contribution is 0.202.